The summed E-state index contributed by atoms with van der Waals surface area (Å²) in [5.74, 6) is 0.751. The van der Waals surface area contributed by atoms with Crippen molar-refractivity contribution in [3.8, 4) is 5.75 Å². The zero-order valence-corrected chi connectivity index (χ0v) is 11.2. The van der Waals surface area contributed by atoms with Crippen LogP contribution in [0.5, 0.6) is 5.75 Å². The van der Waals surface area contributed by atoms with Crippen LogP contribution >= 0.6 is 0 Å². The summed E-state index contributed by atoms with van der Waals surface area (Å²) < 4.78 is 5.09. The minimum Gasteiger partial charge on any atom is -0.497 e. The molecule has 20 heavy (non-hydrogen) atoms. The maximum Gasteiger partial charge on any atom is 0.247 e. The van der Waals surface area contributed by atoms with Crippen molar-refractivity contribution >= 4 is 17.3 Å². The quantitative estimate of drug-likeness (QED) is 0.899. The van der Waals surface area contributed by atoms with Gasteiger partial charge in [-0.25, -0.2) is 0 Å². The van der Waals surface area contributed by atoms with Crippen molar-refractivity contribution in [2.75, 3.05) is 17.7 Å². The fourth-order valence-corrected chi connectivity index (χ4v) is 2.36. The molecule has 0 aromatic heterocycles. The van der Waals surface area contributed by atoms with Crippen molar-refractivity contribution in [1.29, 1.82) is 0 Å². The third-order valence-electron chi connectivity index (χ3n) is 3.45. The topological polar surface area (TPSA) is 50.4 Å². The van der Waals surface area contributed by atoms with Crippen LogP contribution in [0, 0.1) is 0 Å². The molecule has 3 rings (SSSR count). The Morgan fingerprint density at radius 2 is 1.95 bits per heavy atom. The maximum atomic E-state index is 12.2. The predicted octanol–water partition coefficient (Wildman–Crippen LogP) is 2.67. The lowest BCUT2D eigenvalue weighted by molar-refractivity contribution is -0.116. The molecule has 1 atom stereocenters. The van der Waals surface area contributed by atoms with E-state index in [1.165, 1.54) is 5.56 Å². The fourth-order valence-electron chi connectivity index (χ4n) is 2.36. The minimum atomic E-state index is -0.213. The highest BCUT2D eigenvalue weighted by Gasteiger charge is 2.26. The second-order valence-electron chi connectivity index (χ2n) is 4.78. The Morgan fingerprint density at radius 3 is 2.65 bits per heavy atom. The maximum absolute atomic E-state index is 12.2. The second kappa shape index (κ2) is 5.25. The van der Waals surface area contributed by atoms with E-state index in [1.807, 2.05) is 48.5 Å². The van der Waals surface area contributed by atoms with E-state index in [-0.39, 0.29) is 11.9 Å². The summed E-state index contributed by atoms with van der Waals surface area (Å²) >= 11 is 0. The number of rotatable bonds is 3. The van der Waals surface area contributed by atoms with Gasteiger partial charge in [0.15, 0.2) is 0 Å². The molecule has 2 aromatic rings. The van der Waals surface area contributed by atoms with Gasteiger partial charge >= 0.3 is 0 Å². The van der Waals surface area contributed by atoms with Gasteiger partial charge in [0, 0.05) is 17.8 Å². The smallest absolute Gasteiger partial charge is 0.247 e. The number of benzene rings is 2. The molecule has 102 valence electrons. The summed E-state index contributed by atoms with van der Waals surface area (Å²) in [4.78, 5) is 12.2. The molecular formula is C16H16N2O2. The average Bonchev–Trinajstić information content (AvgIpc) is 2.92. The summed E-state index contributed by atoms with van der Waals surface area (Å²) in [6.07, 6.45) is 0.720. The van der Waals surface area contributed by atoms with Crippen LogP contribution in [0.3, 0.4) is 0 Å². The Labute approximate surface area is 117 Å². The van der Waals surface area contributed by atoms with Gasteiger partial charge in [0.05, 0.1) is 7.11 Å². The first-order chi connectivity index (χ1) is 9.76. The van der Waals surface area contributed by atoms with E-state index >= 15 is 0 Å². The summed E-state index contributed by atoms with van der Waals surface area (Å²) in [5.41, 5.74) is 3.00. The molecule has 0 unspecified atom stereocenters. The van der Waals surface area contributed by atoms with Gasteiger partial charge in [-0.3, -0.25) is 4.79 Å². The number of hydrogen-bond acceptors (Lipinski definition) is 3. The van der Waals surface area contributed by atoms with Crippen molar-refractivity contribution < 1.29 is 9.53 Å². The number of fused-ring (bicyclic) bond motifs is 1. The van der Waals surface area contributed by atoms with Crippen molar-refractivity contribution in [1.82, 2.24) is 0 Å². The molecule has 0 saturated carbocycles. The number of amides is 1. The average molecular weight is 268 g/mol. The highest BCUT2D eigenvalue weighted by molar-refractivity contribution is 5.98. The SMILES string of the molecule is COc1ccc(NC(=O)[C@@H]2Cc3ccccc3N2)cc1. The minimum absolute atomic E-state index is 0.0219. The van der Waals surface area contributed by atoms with E-state index in [1.54, 1.807) is 7.11 Å². The zero-order chi connectivity index (χ0) is 13.9. The molecule has 0 bridgehead atoms. The Morgan fingerprint density at radius 1 is 1.20 bits per heavy atom. The van der Waals surface area contributed by atoms with Gasteiger partial charge in [-0.2, -0.15) is 0 Å². The molecule has 0 spiro atoms. The van der Waals surface area contributed by atoms with E-state index in [2.05, 4.69) is 10.6 Å². The second-order valence-corrected chi connectivity index (χ2v) is 4.78. The Balaban J connectivity index is 1.66. The summed E-state index contributed by atoms with van der Waals surface area (Å²) in [5, 5.41) is 6.15. The summed E-state index contributed by atoms with van der Waals surface area (Å²) in [7, 11) is 1.62. The number of nitrogens with one attached hydrogen (secondary N) is 2. The van der Waals surface area contributed by atoms with Gasteiger partial charge in [0.1, 0.15) is 11.8 Å². The van der Waals surface area contributed by atoms with Gasteiger partial charge in [-0.1, -0.05) is 18.2 Å². The number of ether oxygens (including phenoxy) is 1. The lowest BCUT2D eigenvalue weighted by Gasteiger charge is -2.12. The lowest BCUT2D eigenvalue weighted by Crippen LogP contribution is -2.32. The highest BCUT2D eigenvalue weighted by atomic mass is 16.5. The monoisotopic (exact) mass is 268 g/mol. The van der Waals surface area contributed by atoms with Crippen LogP contribution in [0.2, 0.25) is 0 Å². The molecule has 1 heterocycles. The van der Waals surface area contributed by atoms with Gasteiger partial charge in [-0.15, -0.1) is 0 Å². The first-order valence-corrected chi connectivity index (χ1v) is 6.55. The third-order valence-corrected chi connectivity index (χ3v) is 3.45. The summed E-state index contributed by atoms with van der Waals surface area (Å²) in [6.45, 7) is 0. The van der Waals surface area contributed by atoms with Gasteiger partial charge in [0.2, 0.25) is 5.91 Å². The Bertz CT molecular complexity index is 598. The zero-order valence-electron chi connectivity index (χ0n) is 11.2. The molecular weight excluding hydrogens is 252 g/mol. The molecule has 2 N–H and O–H groups in total. The van der Waals surface area contributed by atoms with Crippen molar-refractivity contribution in [3.05, 3.63) is 54.1 Å². The number of methoxy groups -OCH3 is 1. The molecule has 0 radical (unpaired) electrons. The van der Waals surface area contributed by atoms with Gasteiger partial charge in [0.25, 0.3) is 0 Å². The third kappa shape index (κ3) is 2.45. The van der Waals surface area contributed by atoms with Crippen LogP contribution in [0.25, 0.3) is 0 Å². The molecule has 1 aliphatic heterocycles. The van der Waals surface area contributed by atoms with Crippen LogP contribution in [0.4, 0.5) is 11.4 Å². The molecule has 4 nitrogen and oxygen atoms in total. The van der Waals surface area contributed by atoms with E-state index < -0.39 is 0 Å². The Hall–Kier alpha value is -2.49. The van der Waals surface area contributed by atoms with Crippen LogP contribution < -0.4 is 15.4 Å². The Kier molecular flexibility index (Phi) is 3.29. The van der Waals surface area contributed by atoms with Crippen LogP contribution in [0.15, 0.2) is 48.5 Å². The molecule has 0 saturated heterocycles. The highest BCUT2D eigenvalue weighted by Crippen LogP contribution is 2.26. The van der Waals surface area contributed by atoms with Crippen molar-refractivity contribution in [2.45, 2.75) is 12.5 Å². The van der Waals surface area contributed by atoms with Crippen LogP contribution in [-0.4, -0.2) is 19.1 Å². The molecule has 0 fully saturated rings. The number of para-hydroxylation sites is 1. The van der Waals surface area contributed by atoms with E-state index in [0.717, 1.165) is 23.5 Å². The standard InChI is InChI=1S/C16H16N2O2/c1-20-13-8-6-12(7-9-13)17-16(19)15-10-11-4-2-3-5-14(11)18-15/h2-9,15,18H,10H2,1H3,(H,17,19)/t15-/m0/s1. The molecule has 1 aliphatic rings. The largest absolute Gasteiger partial charge is 0.497 e. The molecule has 1 amide bonds. The lowest BCUT2D eigenvalue weighted by atomic mass is 10.1. The van der Waals surface area contributed by atoms with E-state index in [0.29, 0.717) is 0 Å². The molecule has 2 aromatic carbocycles. The van der Waals surface area contributed by atoms with Crippen LogP contribution in [-0.2, 0) is 11.2 Å². The van der Waals surface area contributed by atoms with Crippen molar-refractivity contribution in [3.63, 3.8) is 0 Å². The molecule has 4 heteroatoms. The van der Waals surface area contributed by atoms with Gasteiger partial charge < -0.3 is 15.4 Å². The first-order valence-electron chi connectivity index (χ1n) is 6.55. The number of hydrogen-bond donors (Lipinski definition) is 2. The van der Waals surface area contributed by atoms with E-state index in [4.69, 9.17) is 4.74 Å². The number of carbonyl (C=O) groups is 1. The number of carbonyl (C=O) groups excluding carboxylic acids is 1. The van der Waals surface area contributed by atoms with E-state index in [9.17, 15) is 4.79 Å². The number of anilines is 2. The first kappa shape index (κ1) is 12.5. The molecule has 0 aliphatic carbocycles. The van der Waals surface area contributed by atoms with Crippen LogP contribution in [0.1, 0.15) is 5.56 Å². The summed E-state index contributed by atoms with van der Waals surface area (Å²) in [6, 6.07) is 15.1. The van der Waals surface area contributed by atoms with Gasteiger partial charge in [-0.05, 0) is 35.9 Å². The fraction of sp³-hybridized carbons (Fsp3) is 0.188. The van der Waals surface area contributed by atoms with Crippen molar-refractivity contribution in [2.24, 2.45) is 0 Å². The predicted molar refractivity (Wildman–Crippen MR) is 79.2 cm³/mol. The normalized spacial score (nSPS) is 16.1.